The third-order valence-corrected chi connectivity index (χ3v) is 5.87. The van der Waals surface area contributed by atoms with E-state index in [1.807, 2.05) is 0 Å². The van der Waals surface area contributed by atoms with Gasteiger partial charge >= 0.3 is 0 Å². The van der Waals surface area contributed by atoms with Gasteiger partial charge in [-0.3, -0.25) is 14.5 Å². The molecule has 3 aromatic rings. The second-order valence-electron chi connectivity index (χ2n) is 5.46. The lowest BCUT2D eigenvalue weighted by atomic mass is 10.2. The number of benzene rings is 1. The lowest BCUT2D eigenvalue weighted by Gasteiger charge is -2.08. The Morgan fingerprint density at radius 2 is 1.88 bits per heavy atom. The molecule has 0 aliphatic carbocycles. The van der Waals surface area contributed by atoms with Crippen molar-refractivity contribution >= 4 is 38.1 Å². The van der Waals surface area contributed by atoms with Crippen molar-refractivity contribution in [2.45, 2.75) is 18.7 Å². The number of nitrogens with zero attached hydrogens (tertiary/aromatic N) is 2. The number of aromatic nitrogens is 2. The lowest BCUT2D eigenvalue weighted by molar-refractivity contribution is -0.114. The minimum Gasteiger partial charge on any atom is -0.302 e. The topological polar surface area (TPSA) is 101 Å². The fourth-order valence-electron chi connectivity index (χ4n) is 2.27. The number of amides is 1. The Kier molecular flexibility index (Phi) is 5.01. The largest absolute Gasteiger partial charge is 0.302 e. The first-order valence-electron chi connectivity index (χ1n) is 7.64. The maximum Gasteiger partial charge on any atom is 0.261 e. The van der Waals surface area contributed by atoms with E-state index in [2.05, 4.69) is 20.0 Å². The minimum absolute atomic E-state index is 0.181. The molecule has 0 atom stereocenters. The predicted molar refractivity (Wildman–Crippen MR) is 102 cm³/mol. The fourth-order valence-corrected chi connectivity index (χ4v) is 4.32. The van der Waals surface area contributed by atoms with E-state index in [0.29, 0.717) is 22.2 Å². The summed E-state index contributed by atoms with van der Waals surface area (Å²) in [5.41, 5.74) is 1.67. The average Bonchev–Trinajstić information content (AvgIpc) is 2.95. The molecular formula is C17H16N4O3S2. The molecule has 2 aromatic heterocycles. The van der Waals surface area contributed by atoms with Gasteiger partial charge in [0, 0.05) is 13.1 Å². The maximum absolute atomic E-state index is 12.5. The SMILES string of the molecule is CC(=O)Nc1nc(C)c(-c2cc(NS(=O)(=O)c3ccccc3)ccn2)s1. The van der Waals surface area contributed by atoms with Crippen molar-refractivity contribution < 1.29 is 13.2 Å². The van der Waals surface area contributed by atoms with Crippen molar-refractivity contribution in [3.05, 3.63) is 54.4 Å². The molecule has 0 unspecified atom stereocenters. The summed E-state index contributed by atoms with van der Waals surface area (Å²) in [5.74, 6) is -0.206. The van der Waals surface area contributed by atoms with Crippen LogP contribution in [0.1, 0.15) is 12.6 Å². The van der Waals surface area contributed by atoms with Crippen molar-refractivity contribution in [3.8, 4) is 10.6 Å². The third kappa shape index (κ3) is 4.06. The van der Waals surface area contributed by atoms with Crippen LogP contribution in [0.15, 0.2) is 53.6 Å². The molecule has 0 saturated heterocycles. The Bertz CT molecular complexity index is 1050. The lowest BCUT2D eigenvalue weighted by Crippen LogP contribution is -2.12. The number of anilines is 2. The minimum atomic E-state index is -3.68. The van der Waals surface area contributed by atoms with E-state index in [1.54, 1.807) is 37.3 Å². The van der Waals surface area contributed by atoms with E-state index in [4.69, 9.17) is 0 Å². The molecule has 0 bridgehead atoms. The summed E-state index contributed by atoms with van der Waals surface area (Å²) in [4.78, 5) is 20.7. The Balaban J connectivity index is 1.90. The van der Waals surface area contributed by atoms with Gasteiger partial charge < -0.3 is 5.32 Å². The number of hydrogen-bond acceptors (Lipinski definition) is 6. The summed E-state index contributed by atoms with van der Waals surface area (Å²) >= 11 is 1.28. The number of pyridine rings is 1. The van der Waals surface area contributed by atoms with Crippen LogP contribution < -0.4 is 10.0 Å². The van der Waals surface area contributed by atoms with Crippen LogP contribution in [-0.2, 0) is 14.8 Å². The van der Waals surface area contributed by atoms with E-state index in [0.717, 1.165) is 4.88 Å². The van der Waals surface area contributed by atoms with E-state index in [9.17, 15) is 13.2 Å². The smallest absolute Gasteiger partial charge is 0.261 e. The fraction of sp³-hybridized carbons (Fsp3) is 0.118. The molecule has 9 heteroatoms. The zero-order valence-corrected chi connectivity index (χ0v) is 15.7. The Morgan fingerprint density at radius 3 is 2.58 bits per heavy atom. The molecule has 0 aliphatic rings. The predicted octanol–water partition coefficient (Wildman–Crippen LogP) is 3.27. The summed E-state index contributed by atoms with van der Waals surface area (Å²) in [5, 5.41) is 3.11. The summed E-state index contributed by atoms with van der Waals surface area (Å²) in [6, 6.07) is 11.3. The Hall–Kier alpha value is -2.78. The quantitative estimate of drug-likeness (QED) is 0.698. The molecule has 2 N–H and O–H groups in total. The molecule has 0 radical (unpaired) electrons. The van der Waals surface area contributed by atoms with Crippen LogP contribution in [0.2, 0.25) is 0 Å². The van der Waals surface area contributed by atoms with Gasteiger partial charge in [-0.05, 0) is 31.2 Å². The van der Waals surface area contributed by atoms with Crippen molar-refractivity contribution in [2.24, 2.45) is 0 Å². The van der Waals surface area contributed by atoms with Crippen LogP contribution in [0.25, 0.3) is 10.6 Å². The number of thiazole rings is 1. The van der Waals surface area contributed by atoms with Crippen molar-refractivity contribution in [1.82, 2.24) is 9.97 Å². The number of carbonyl (C=O) groups is 1. The van der Waals surface area contributed by atoms with Crippen LogP contribution in [0, 0.1) is 6.92 Å². The zero-order chi connectivity index (χ0) is 18.7. The van der Waals surface area contributed by atoms with E-state index in [-0.39, 0.29) is 10.8 Å². The van der Waals surface area contributed by atoms with Crippen LogP contribution in [-0.4, -0.2) is 24.3 Å². The number of hydrogen-bond donors (Lipinski definition) is 2. The molecule has 1 amide bonds. The van der Waals surface area contributed by atoms with E-state index < -0.39 is 10.0 Å². The first-order chi connectivity index (χ1) is 12.3. The molecule has 26 heavy (non-hydrogen) atoms. The normalized spacial score (nSPS) is 11.2. The molecule has 0 aliphatic heterocycles. The Morgan fingerprint density at radius 1 is 1.15 bits per heavy atom. The molecule has 3 rings (SSSR count). The number of aryl methyl sites for hydroxylation is 1. The highest BCUT2D eigenvalue weighted by molar-refractivity contribution is 7.92. The molecule has 0 saturated carbocycles. The van der Waals surface area contributed by atoms with Gasteiger partial charge in [0.05, 0.1) is 26.8 Å². The molecule has 1 aromatic carbocycles. The number of rotatable bonds is 5. The summed E-state index contributed by atoms with van der Waals surface area (Å²) in [7, 11) is -3.68. The van der Waals surface area contributed by atoms with Gasteiger partial charge in [-0.25, -0.2) is 13.4 Å². The molecule has 134 valence electrons. The van der Waals surface area contributed by atoms with Crippen LogP contribution in [0.5, 0.6) is 0 Å². The molecule has 0 spiro atoms. The van der Waals surface area contributed by atoms with Crippen molar-refractivity contribution in [2.75, 3.05) is 10.0 Å². The van der Waals surface area contributed by atoms with Crippen LogP contribution >= 0.6 is 11.3 Å². The average molecular weight is 388 g/mol. The second-order valence-corrected chi connectivity index (χ2v) is 8.14. The van der Waals surface area contributed by atoms with Gasteiger partial charge in [0.1, 0.15) is 0 Å². The van der Waals surface area contributed by atoms with Gasteiger partial charge in [-0.15, -0.1) is 0 Å². The van der Waals surface area contributed by atoms with Gasteiger partial charge in [0.15, 0.2) is 5.13 Å². The van der Waals surface area contributed by atoms with Crippen molar-refractivity contribution in [1.29, 1.82) is 0 Å². The number of nitrogens with one attached hydrogen (secondary N) is 2. The highest BCUT2D eigenvalue weighted by atomic mass is 32.2. The highest BCUT2D eigenvalue weighted by Crippen LogP contribution is 2.32. The van der Waals surface area contributed by atoms with Gasteiger partial charge in [0.25, 0.3) is 10.0 Å². The molecule has 7 nitrogen and oxygen atoms in total. The van der Waals surface area contributed by atoms with Crippen molar-refractivity contribution in [3.63, 3.8) is 0 Å². The summed E-state index contributed by atoms with van der Waals surface area (Å²) in [6.45, 7) is 3.22. The number of carbonyl (C=O) groups excluding carboxylic acids is 1. The van der Waals surface area contributed by atoms with Crippen LogP contribution in [0.3, 0.4) is 0 Å². The Labute approximate surface area is 155 Å². The first kappa shape index (κ1) is 18.0. The summed E-state index contributed by atoms with van der Waals surface area (Å²) < 4.78 is 27.5. The highest BCUT2D eigenvalue weighted by Gasteiger charge is 2.16. The second kappa shape index (κ2) is 7.22. The summed E-state index contributed by atoms with van der Waals surface area (Å²) in [6.07, 6.45) is 1.52. The van der Waals surface area contributed by atoms with Gasteiger partial charge in [-0.2, -0.15) is 0 Å². The van der Waals surface area contributed by atoms with Gasteiger partial charge in [0.2, 0.25) is 5.91 Å². The molecular weight excluding hydrogens is 372 g/mol. The zero-order valence-electron chi connectivity index (χ0n) is 14.1. The first-order valence-corrected chi connectivity index (χ1v) is 9.94. The van der Waals surface area contributed by atoms with E-state index >= 15 is 0 Å². The molecule has 0 fully saturated rings. The standard InChI is InChI=1S/C17H16N4O3S2/c1-11-16(25-17(19-11)20-12(2)22)15-10-13(8-9-18-15)21-26(23,24)14-6-4-3-5-7-14/h3-10H,1-2H3,(H,18,21)(H,19,20,22). The number of sulfonamides is 1. The van der Waals surface area contributed by atoms with Gasteiger partial charge in [-0.1, -0.05) is 29.5 Å². The van der Waals surface area contributed by atoms with Crippen LogP contribution in [0.4, 0.5) is 10.8 Å². The monoisotopic (exact) mass is 388 g/mol. The maximum atomic E-state index is 12.5. The third-order valence-electron chi connectivity index (χ3n) is 3.38. The van der Waals surface area contributed by atoms with E-state index in [1.165, 1.54) is 36.6 Å². The molecule has 2 heterocycles.